The van der Waals surface area contributed by atoms with Crippen molar-refractivity contribution < 1.29 is 18.3 Å². The van der Waals surface area contributed by atoms with Gasteiger partial charge in [0, 0.05) is 23.7 Å². The number of alkyl halides is 3. The molecule has 2 aromatic rings. The fourth-order valence-electron chi connectivity index (χ4n) is 2.32. The Balaban J connectivity index is 0.00000176. The van der Waals surface area contributed by atoms with Gasteiger partial charge in [0.2, 0.25) is 0 Å². The first-order valence-electron chi connectivity index (χ1n) is 6.48. The number of aromatic hydroxyl groups is 1. The summed E-state index contributed by atoms with van der Waals surface area (Å²) in [6.07, 6.45) is -1.97. The van der Waals surface area contributed by atoms with Gasteiger partial charge in [-0.25, -0.2) is 0 Å². The summed E-state index contributed by atoms with van der Waals surface area (Å²) in [4.78, 5) is 4.17. The van der Waals surface area contributed by atoms with E-state index in [1.54, 1.807) is 12.3 Å². The molecule has 0 saturated heterocycles. The lowest BCUT2D eigenvalue weighted by Gasteiger charge is -2.10. The summed E-state index contributed by atoms with van der Waals surface area (Å²) in [5.41, 5.74) is 6.46. The van der Waals surface area contributed by atoms with E-state index in [0.29, 0.717) is 17.7 Å². The van der Waals surface area contributed by atoms with Crippen molar-refractivity contribution in [1.29, 1.82) is 0 Å². The van der Waals surface area contributed by atoms with E-state index in [0.717, 1.165) is 18.1 Å². The molecule has 1 heterocycles. The first-order chi connectivity index (χ1) is 9.84. The van der Waals surface area contributed by atoms with Crippen molar-refractivity contribution in [2.75, 3.05) is 0 Å². The SMILES string of the molecule is Cl.NC1CC1c1ccc(-c2cc(O)cc(C(F)(F)F)c2)nc1. The Morgan fingerprint density at radius 1 is 1.18 bits per heavy atom. The van der Waals surface area contributed by atoms with Crippen LogP contribution in [0.5, 0.6) is 5.75 Å². The topological polar surface area (TPSA) is 59.1 Å². The number of nitrogens with zero attached hydrogens (tertiary/aromatic N) is 1. The third-order valence-electron chi connectivity index (χ3n) is 3.60. The fraction of sp³-hybridized carbons (Fsp3) is 0.267. The maximum atomic E-state index is 12.7. The zero-order valence-electron chi connectivity index (χ0n) is 11.3. The van der Waals surface area contributed by atoms with Crippen LogP contribution in [0.2, 0.25) is 0 Å². The van der Waals surface area contributed by atoms with Crippen LogP contribution in [0, 0.1) is 0 Å². The zero-order valence-corrected chi connectivity index (χ0v) is 12.2. The molecule has 1 aromatic carbocycles. The predicted octanol–water partition coefficient (Wildman–Crippen LogP) is 3.71. The number of rotatable bonds is 2. The summed E-state index contributed by atoms with van der Waals surface area (Å²) in [5.74, 6) is -0.142. The third-order valence-corrected chi connectivity index (χ3v) is 3.60. The Hall–Kier alpha value is -1.79. The van der Waals surface area contributed by atoms with E-state index >= 15 is 0 Å². The number of halogens is 4. The number of nitrogens with two attached hydrogens (primary N) is 1. The molecule has 2 atom stereocenters. The Bertz CT molecular complexity index is 673. The van der Waals surface area contributed by atoms with Gasteiger partial charge in [-0.2, -0.15) is 13.2 Å². The van der Waals surface area contributed by atoms with Crippen molar-refractivity contribution in [1.82, 2.24) is 4.98 Å². The van der Waals surface area contributed by atoms with Gasteiger partial charge in [-0.05, 0) is 36.2 Å². The minimum atomic E-state index is -4.51. The van der Waals surface area contributed by atoms with Gasteiger partial charge < -0.3 is 10.8 Å². The highest BCUT2D eigenvalue weighted by atomic mass is 35.5. The number of hydrogen-bond donors (Lipinski definition) is 2. The number of phenols is 1. The largest absolute Gasteiger partial charge is 0.508 e. The van der Waals surface area contributed by atoms with E-state index in [2.05, 4.69) is 4.98 Å². The van der Waals surface area contributed by atoms with Gasteiger partial charge in [0.05, 0.1) is 11.3 Å². The summed E-state index contributed by atoms with van der Waals surface area (Å²) in [7, 11) is 0. The van der Waals surface area contributed by atoms with Crippen LogP contribution in [0.15, 0.2) is 36.5 Å². The maximum absolute atomic E-state index is 12.7. The van der Waals surface area contributed by atoms with Gasteiger partial charge in [-0.3, -0.25) is 4.98 Å². The van der Waals surface area contributed by atoms with Crippen LogP contribution in [-0.2, 0) is 6.18 Å². The molecule has 0 amide bonds. The average Bonchev–Trinajstić information content (AvgIpc) is 3.14. The van der Waals surface area contributed by atoms with Gasteiger partial charge in [0.25, 0.3) is 0 Å². The molecule has 0 aliphatic heterocycles. The molecule has 1 aromatic heterocycles. The summed E-state index contributed by atoms with van der Waals surface area (Å²) in [6, 6.07) is 6.55. The van der Waals surface area contributed by atoms with Crippen LogP contribution in [0.1, 0.15) is 23.5 Å². The first kappa shape index (κ1) is 16.6. The van der Waals surface area contributed by atoms with Crippen molar-refractivity contribution in [3.8, 4) is 17.0 Å². The van der Waals surface area contributed by atoms with Crippen LogP contribution >= 0.6 is 12.4 Å². The molecule has 1 saturated carbocycles. The van der Waals surface area contributed by atoms with Crippen LogP contribution in [0.25, 0.3) is 11.3 Å². The van der Waals surface area contributed by atoms with E-state index in [1.807, 2.05) is 6.07 Å². The second-order valence-electron chi connectivity index (χ2n) is 5.25. The van der Waals surface area contributed by atoms with Crippen LogP contribution in [-0.4, -0.2) is 16.1 Å². The molecule has 118 valence electrons. The van der Waals surface area contributed by atoms with Gasteiger partial charge in [-0.1, -0.05) is 6.07 Å². The smallest absolute Gasteiger partial charge is 0.416 e. The number of benzene rings is 1. The number of pyridine rings is 1. The highest BCUT2D eigenvalue weighted by Crippen LogP contribution is 2.39. The molecule has 3 nitrogen and oxygen atoms in total. The van der Waals surface area contributed by atoms with Crippen LogP contribution < -0.4 is 5.73 Å². The highest BCUT2D eigenvalue weighted by molar-refractivity contribution is 5.85. The van der Waals surface area contributed by atoms with Crippen LogP contribution in [0.4, 0.5) is 13.2 Å². The Labute approximate surface area is 131 Å². The van der Waals surface area contributed by atoms with E-state index in [1.165, 1.54) is 6.07 Å². The van der Waals surface area contributed by atoms with Crippen LogP contribution in [0.3, 0.4) is 0 Å². The lowest BCUT2D eigenvalue weighted by Crippen LogP contribution is -2.05. The molecule has 1 aliphatic carbocycles. The van der Waals surface area contributed by atoms with Gasteiger partial charge >= 0.3 is 6.18 Å². The molecule has 0 radical (unpaired) electrons. The molecule has 1 aliphatic rings. The van der Waals surface area contributed by atoms with E-state index in [4.69, 9.17) is 5.73 Å². The average molecular weight is 331 g/mol. The quantitative estimate of drug-likeness (QED) is 0.882. The zero-order chi connectivity index (χ0) is 15.2. The molecule has 2 unspecified atom stereocenters. The Kier molecular flexibility index (Phi) is 4.35. The molecular formula is C15H14ClF3N2O. The standard InChI is InChI=1S/C15H13F3N2O.ClH/c16-15(17,18)10-3-9(4-11(21)5-10)14-2-1-8(7-20-14)12-6-13(12)19;/h1-5,7,12-13,21H,6,19H2;1H. The second kappa shape index (κ2) is 5.78. The predicted molar refractivity (Wildman–Crippen MR) is 78.9 cm³/mol. The normalized spacial score (nSPS) is 20.4. The van der Waals surface area contributed by atoms with Gasteiger partial charge in [-0.15, -0.1) is 12.4 Å². The van der Waals surface area contributed by atoms with Gasteiger partial charge in [0.1, 0.15) is 5.75 Å². The molecule has 7 heteroatoms. The molecule has 1 fully saturated rings. The van der Waals surface area contributed by atoms with E-state index in [9.17, 15) is 18.3 Å². The molecular weight excluding hydrogens is 317 g/mol. The van der Waals surface area contributed by atoms with Crippen molar-refractivity contribution in [2.24, 2.45) is 5.73 Å². The summed E-state index contributed by atoms with van der Waals surface area (Å²) in [6.45, 7) is 0. The first-order valence-corrected chi connectivity index (χ1v) is 6.48. The van der Waals surface area contributed by atoms with Gasteiger partial charge in [0.15, 0.2) is 0 Å². The molecule has 22 heavy (non-hydrogen) atoms. The lowest BCUT2D eigenvalue weighted by atomic mass is 10.1. The fourth-order valence-corrected chi connectivity index (χ4v) is 2.32. The third kappa shape index (κ3) is 3.34. The monoisotopic (exact) mass is 330 g/mol. The second-order valence-corrected chi connectivity index (χ2v) is 5.25. The van der Waals surface area contributed by atoms with Crippen molar-refractivity contribution in [3.63, 3.8) is 0 Å². The minimum absolute atomic E-state index is 0. The number of hydrogen-bond acceptors (Lipinski definition) is 3. The summed E-state index contributed by atoms with van der Waals surface area (Å²) >= 11 is 0. The molecule has 0 bridgehead atoms. The number of phenolic OH excluding ortho intramolecular Hbond substituents is 1. The number of aromatic nitrogens is 1. The van der Waals surface area contributed by atoms with Crippen molar-refractivity contribution >= 4 is 12.4 Å². The molecule has 0 spiro atoms. The highest BCUT2D eigenvalue weighted by Gasteiger charge is 2.35. The molecule has 3 N–H and O–H groups in total. The maximum Gasteiger partial charge on any atom is 0.416 e. The van der Waals surface area contributed by atoms with Crippen molar-refractivity contribution in [2.45, 2.75) is 24.6 Å². The van der Waals surface area contributed by atoms with E-state index in [-0.39, 0.29) is 24.0 Å². The van der Waals surface area contributed by atoms with E-state index < -0.39 is 17.5 Å². The minimum Gasteiger partial charge on any atom is -0.508 e. The summed E-state index contributed by atoms with van der Waals surface area (Å²) < 4.78 is 38.2. The lowest BCUT2D eigenvalue weighted by molar-refractivity contribution is -0.137. The Morgan fingerprint density at radius 2 is 1.86 bits per heavy atom. The van der Waals surface area contributed by atoms with Crippen molar-refractivity contribution in [3.05, 3.63) is 47.7 Å². The summed E-state index contributed by atoms with van der Waals surface area (Å²) in [5, 5.41) is 9.46. The molecule has 3 rings (SSSR count). The Morgan fingerprint density at radius 3 is 2.36 bits per heavy atom.